The zero-order valence-corrected chi connectivity index (χ0v) is 7.54. The predicted octanol–water partition coefficient (Wildman–Crippen LogP) is -0.196. The molecule has 1 amide bonds. The average Bonchev–Trinajstić information content (AvgIpc) is 2.00. The SMILES string of the molecule is CCC(C)C(=O)[C@@H](N)CC(N)=O. The maximum Gasteiger partial charge on any atom is 0.219 e. The molecular weight excluding hydrogens is 156 g/mol. The second kappa shape index (κ2) is 4.87. The third-order valence-corrected chi connectivity index (χ3v) is 1.88. The molecule has 4 N–H and O–H groups in total. The van der Waals surface area contributed by atoms with Gasteiger partial charge in [0, 0.05) is 12.3 Å². The summed E-state index contributed by atoms with van der Waals surface area (Å²) < 4.78 is 0. The molecule has 0 saturated carbocycles. The molecule has 0 heterocycles. The van der Waals surface area contributed by atoms with Crippen molar-refractivity contribution in [2.24, 2.45) is 17.4 Å². The van der Waals surface area contributed by atoms with Crippen LogP contribution in [0.2, 0.25) is 0 Å². The summed E-state index contributed by atoms with van der Waals surface area (Å²) in [5, 5.41) is 0. The lowest BCUT2D eigenvalue weighted by molar-refractivity contribution is -0.127. The van der Waals surface area contributed by atoms with E-state index in [9.17, 15) is 9.59 Å². The number of nitrogens with two attached hydrogens (primary N) is 2. The molecule has 12 heavy (non-hydrogen) atoms. The molecule has 0 aromatic carbocycles. The van der Waals surface area contributed by atoms with Gasteiger partial charge in [-0.2, -0.15) is 0 Å². The lowest BCUT2D eigenvalue weighted by Crippen LogP contribution is -2.38. The second-order valence-electron chi connectivity index (χ2n) is 2.99. The number of primary amides is 1. The number of Topliss-reactive ketones (excluding diaryl/α,β-unsaturated/α-hetero) is 1. The van der Waals surface area contributed by atoms with E-state index < -0.39 is 11.9 Å². The fourth-order valence-electron chi connectivity index (χ4n) is 0.884. The van der Waals surface area contributed by atoms with Crippen LogP contribution in [-0.2, 0) is 9.59 Å². The molecule has 0 saturated heterocycles. The van der Waals surface area contributed by atoms with E-state index in [0.717, 1.165) is 6.42 Å². The van der Waals surface area contributed by atoms with E-state index in [4.69, 9.17) is 11.5 Å². The Morgan fingerprint density at radius 3 is 2.25 bits per heavy atom. The Labute approximate surface area is 72.3 Å². The summed E-state index contributed by atoms with van der Waals surface area (Å²) in [5.74, 6) is -0.699. The molecule has 0 aliphatic heterocycles. The van der Waals surface area contributed by atoms with E-state index in [1.807, 2.05) is 6.92 Å². The van der Waals surface area contributed by atoms with Gasteiger partial charge in [0.15, 0.2) is 5.78 Å². The summed E-state index contributed by atoms with van der Waals surface area (Å²) in [5.41, 5.74) is 10.3. The Hall–Kier alpha value is -0.900. The van der Waals surface area contributed by atoms with Gasteiger partial charge in [0.05, 0.1) is 6.04 Å². The summed E-state index contributed by atoms with van der Waals surface area (Å²) >= 11 is 0. The van der Waals surface area contributed by atoms with E-state index in [-0.39, 0.29) is 18.1 Å². The topological polar surface area (TPSA) is 86.2 Å². The van der Waals surface area contributed by atoms with Gasteiger partial charge in [0.25, 0.3) is 0 Å². The maximum absolute atomic E-state index is 11.3. The highest BCUT2D eigenvalue weighted by atomic mass is 16.1. The molecule has 4 heteroatoms. The van der Waals surface area contributed by atoms with Gasteiger partial charge >= 0.3 is 0 Å². The van der Waals surface area contributed by atoms with Crippen LogP contribution in [0.4, 0.5) is 0 Å². The molecule has 0 aromatic heterocycles. The van der Waals surface area contributed by atoms with Crippen molar-refractivity contribution in [3.05, 3.63) is 0 Å². The molecule has 0 aliphatic carbocycles. The van der Waals surface area contributed by atoms with Crippen LogP contribution in [0.15, 0.2) is 0 Å². The summed E-state index contributed by atoms with van der Waals surface area (Å²) in [4.78, 5) is 21.7. The van der Waals surface area contributed by atoms with Gasteiger partial charge in [-0.3, -0.25) is 9.59 Å². The molecule has 0 rings (SSSR count). The van der Waals surface area contributed by atoms with Gasteiger partial charge < -0.3 is 11.5 Å². The molecule has 0 spiro atoms. The van der Waals surface area contributed by atoms with Gasteiger partial charge in [-0.15, -0.1) is 0 Å². The normalized spacial score (nSPS) is 15.2. The second-order valence-corrected chi connectivity index (χ2v) is 2.99. The highest BCUT2D eigenvalue weighted by Gasteiger charge is 2.20. The molecular formula is C8H16N2O2. The number of hydrogen-bond acceptors (Lipinski definition) is 3. The largest absolute Gasteiger partial charge is 0.370 e. The first-order chi connectivity index (χ1) is 5.49. The van der Waals surface area contributed by atoms with E-state index in [1.54, 1.807) is 6.92 Å². The van der Waals surface area contributed by atoms with Crippen LogP contribution in [0, 0.1) is 5.92 Å². The van der Waals surface area contributed by atoms with Crippen LogP contribution >= 0.6 is 0 Å². The Balaban J connectivity index is 4.01. The van der Waals surface area contributed by atoms with Gasteiger partial charge in [-0.1, -0.05) is 13.8 Å². The number of carbonyl (C=O) groups is 2. The molecule has 70 valence electrons. The fraction of sp³-hybridized carbons (Fsp3) is 0.750. The number of hydrogen-bond donors (Lipinski definition) is 2. The van der Waals surface area contributed by atoms with Crippen LogP contribution in [0.25, 0.3) is 0 Å². The zero-order chi connectivity index (χ0) is 9.72. The molecule has 0 radical (unpaired) electrons. The van der Waals surface area contributed by atoms with Crippen molar-refractivity contribution in [3.8, 4) is 0 Å². The monoisotopic (exact) mass is 172 g/mol. The van der Waals surface area contributed by atoms with Crippen LogP contribution in [-0.4, -0.2) is 17.7 Å². The molecule has 1 unspecified atom stereocenters. The maximum atomic E-state index is 11.3. The first-order valence-corrected chi connectivity index (χ1v) is 4.06. The van der Waals surface area contributed by atoms with Gasteiger partial charge in [0.1, 0.15) is 0 Å². The third-order valence-electron chi connectivity index (χ3n) is 1.88. The summed E-state index contributed by atoms with van der Waals surface area (Å²) in [6, 6.07) is -0.725. The molecule has 4 nitrogen and oxygen atoms in total. The van der Waals surface area contributed by atoms with Crippen molar-refractivity contribution >= 4 is 11.7 Å². The zero-order valence-electron chi connectivity index (χ0n) is 7.54. The Morgan fingerprint density at radius 1 is 1.42 bits per heavy atom. The molecule has 0 aliphatic rings. The molecule has 2 atom stereocenters. The van der Waals surface area contributed by atoms with Crippen molar-refractivity contribution in [1.82, 2.24) is 0 Å². The first-order valence-electron chi connectivity index (χ1n) is 4.06. The van der Waals surface area contributed by atoms with E-state index in [2.05, 4.69) is 0 Å². The standard InChI is InChI=1S/C8H16N2O2/c1-3-5(2)8(12)6(9)4-7(10)11/h5-6H,3-4,9H2,1-2H3,(H2,10,11)/t5?,6-/m0/s1. The van der Waals surface area contributed by atoms with Crippen molar-refractivity contribution < 1.29 is 9.59 Å². The average molecular weight is 172 g/mol. The Morgan fingerprint density at radius 2 is 1.92 bits per heavy atom. The highest BCUT2D eigenvalue weighted by molar-refractivity contribution is 5.90. The summed E-state index contributed by atoms with van der Waals surface area (Å²) in [6.45, 7) is 3.70. The van der Waals surface area contributed by atoms with Gasteiger partial charge in [-0.25, -0.2) is 0 Å². The van der Waals surface area contributed by atoms with Crippen LogP contribution in [0.5, 0.6) is 0 Å². The van der Waals surface area contributed by atoms with E-state index in [0.29, 0.717) is 0 Å². The molecule has 0 aromatic rings. The molecule has 0 fully saturated rings. The van der Waals surface area contributed by atoms with Crippen molar-refractivity contribution in [2.75, 3.05) is 0 Å². The number of carbonyl (C=O) groups excluding carboxylic acids is 2. The van der Waals surface area contributed by atoms with Crippen molar-refractivity contribution in [1.29, 1.82) is 0 Å². The predicted molar refractivity (Wildman–Crippen MR) is 46.2 cm³/mol. The summed E-state index contributed by atoms with van der Waals surface area (Å²) in [7, 11) is 0. The van der Waals surface area contributed by atoms with Gasteiger partial charge in [-0.05, 0) is 6.42 Å². The lowest BCUT2D eigenvalue weighted by Gasteiger charge is -2.12. The van der Waals surface area contributed by atoms with E-state index >= 15 is 0 Å². The first kappa shape index (κ1) is 11.1. The number of rotatable bonds is 5. The molecule has 0 bridgehead atoms. The van der Waals surface area contributed by atoms with Crippen LogP contribution in [0.1, 0.15) is 26.7 Å². The number of ketones is 1. The highest BCUT2D eigenvalue weighted by Crippen LogP contribution is 2.05. The quantitative estimate of drug-likeness (QED) is 0.602. The Kier molecular flexibility index (Phi) is 4.51. The van der Waals surface area contributed by atoms with Crippen molar-refractivity contribution in [2.45, 2.75) is 32.7 Å². The minimum atomic E-state index is -0.725. The van der Waals surface area contributed by atoms with E-state index in [1.165, 1.54) is 0 Å². The fourth-order valence-corrected chi connectivity index (χ4v) is 0.884. The Bertz CT molecular complexity index is 180. The third kappa shape index (κ3) is 3.48. The lowest BCUT2D eigenvalue weighted by atomic mass is 9.96. The minimum absolute atomic E-state index is 0.0524. The smallest absolute Gasteiger partial charge is 0.219 e. The summed E-state index contributed by atoms with van der Waals surface area (Å²) in [6.07, 6.45) is 0.689. The minimum Gasteiger partial charge on any atom is -0.370 e. The van der Waals surface area contributed by atoms with Gasteiger partial charge in [0.2, 0.25) is 5.91 Å². The van der Waals surface area contributed by atoms with Crippen LogP contribution in [0.3, 0.4) is 0 Å². The number of amides is 1. The van der Waals surface area contributed by atoms with Crippen molar-refractivity contribution in [3.63, 3.8) is 0 Å². The van der Waals surface area contributed by atoms with Crippen LogP contribution < -0.4 is 11.5 Å².